The van der Waals surface area contributed by atoms with Gasteiger partial charge in [-0.1, -0.05) is 24.8 Å². The molecule has 0 N–H and O–H groups in total. The molecule has 3 aromatic rings. The first-order chi connectivity index (χ1) is 16.4. The first-order valence-electron chi connectivity index (χ1n) is 11.2. The molecule has 2 heterocycles. The van der Waals surface area contributed by atoms with Crippen LogP contribution in [0.3, 0.4) is 0 Å². The highest BCUT2D eigenvalue weighted by molar-refractivity contribution is 5.99. The van der Waals surface area contributed by atoms with Crippen molar-refractivity contribution < 1.29 is 23.4 Å². The van der Waals surface area contributed by atoms with Crippen LogP contribution in [0, 0.1) is 13.8 Å². The van der Waals surface area contributed by atoms with Gasteiger partial charge in [0.15, 0.2) is 16.9 Å². The average Bonchev–Trinajstić information content (AvgIpc) is 3.09. The van der Waals surface area contributed by atoms with Gasteiger partial charge in [0.2, 0.25) is 5.76 Å². The standard InChI is InChI=1S/C27H29NO6/c1-6-11-33-19-9-8-18(15-20(19)32-5)24-23-25(29)22-17(3)13-16(2)14-21(22)34-26(23)27(30)28(24)10-7-12-31-4/h6,8-9,13-15,24H,1,7,10-12H2,2-5H3. The minimum absolute atomic E-state index is 0.0934. The number of nitrogens with zero attached hydrogens (tertiary/aromatic N) is 1. The molecular formula is C27H29NO6. The second-order valence-corrected chi connectivity index (χ2v) is 8.39. The predicted molar refractivity (Wildman–Crippen MR) is 130 cm³/mol. The third-order valence-corrected chi connectivity index (χ3v) is 6.02. The van der Waals surface area contributed by atoms with Gasteiger partial charge in [-0.05, 0) is 55.2 Å². The number of aryl methyl sites for hydroxylation is 2. The molecule has 1 aromatic heterocycles. The molecule has 2 aromatic carbocycles. The first kappa shape index (κ1) is 23.6. The molecule has 7 nitrogen and oxygen atoms in total. The van der Waals surface area contributed by atoms with Crippen molar-refractivity contribution >= 4 is 16.9 Å². The van der Waals surface area contributed by atoms with Crippen LogP contribution in [0.4, 0.5) is 0 Å². The Bertz CT molecular complexity index is 1310. The van der Waals surface area contributed by atoms with Gasteiger partial charge in [0.25, 0.3) is 5.91 Å². The summed E-state index contributed by atoms with van der Waals surface area (Å²) in [6.45, 7) is 8.72. The molecule has 0 aliphatic carbocycles. The van der Waals surface area contributed by atoms with Crippen molar-refractivity contribution in [1.82, 2.24) is 4.90 Å². The Morgan fingerprint density at radius 1 is 1.12 bits per heavy atom. The Morgan fingerprint density at radius 2 is 1.91 bits per heavy atom. The highest BCUT2D eigenvalue weighted by Crippen LogP contribution is 2.41. The van der Waals surface area contributed by atoms with Gasteiger partial charge in [-0.15, -0.1) is 0 Å². The summed E-state index contributed by atoms with van der Waals surface area (Å²) in [6, 6.07) is 8.58. The molecule has 1 atom stereocenters. The third kappa shape index (κ3) is 4.07. The van der Waals surface area contributed by atoms with Gasteiger partial charge in [0.05, 0.1) is 24.1 Å². The Morgan fingerprint density at radius 3 is 2.62 bits per heavy atom. The summed E-state index contributed by atoms with van der Waals surface area (Å²) in [6.07, 6.45) is 2.27. The summed E-state index contributed by atoms with van der Waals surface area (Å²) >= 11 is 0. The third-order valence-electron chi connectivity index (χ3n) is 6.02. The molecule has 7 heteroatoms. The van der Waals surface area contributed by atoms with Crippen LogP contribution < -0.4 is 14.9 Å². The smallest absolute Gasteiger partial charge is 0.290 e. The molecule has 1 amide bonds. The molecule has 0 spiro atoms. The van der Waals surface area contributed by atoms with Crippen LogP contribution in [-0.2, 0) is 4.74 Å². The van der Waals surface area contributed by atoms with E-state index in [9.17, 15) is 9.59 Å². The van der Waals surface area contributed by atoms with E-state index in [1.54, 1.807) is 43.4 Å². The molecule has 178 valence electrons. The molecule has 34 heavy (non-hydrogen) atoms. The van der Waals surface area contributed by atoms with Gasteiger partial charge in [-0.3, -0.25) is 9.59 Å². The van der Waals surface area contributed by atoms with Crippen molar-refractivity contribution in [3.8, 4) is 11.5 Å². The van der Waals surface area contributed by atoms with E-state index in [1.807, 2.05) is 26.0 Å². The highest BCUT2D eigenvalue weighted by Gasteiger charge is 2.42. The molecule has 1 aliphatic rings. The Balaban J connectivity index is 1.91. The van der Waals surface area contributed by atoms with Crippen LogP contribution in [0.15, 0.2) is 52.2 Å². The lowest BCUT2D eigenvalue weighted by molar-refractivity contribution is 0.0707. The first-order valence-corrected chi connectivity index (χ1v) is 11.2. The number of hydrogen-bond donors (Lipinski definition) is 0. The topological polar surface area (TPSA) is 78.2 Å². The highest BCUT2D eigenvalue weighted by atomic mass is 16.5. The van der Waals surface area contributed by atoms with Crippen LogP contribution in [-0.4, -0.2) is 44.8 Å². The van der Waals surface area contributed by atoms with Crippen molar-refractivity contribution in [2.45, 2.75) is 26.3 Å². The lowest BCUT2D eigenvalue weighted by Gasteiger charge is -2.25. The van der Waals surface area contributed by atoms with Crippen LogP contribution >= 0.6 is 0 Å². The van der Waals surface area contributed by atoms with Gasteiger partial charge in [0.1, 0.15) is 12.2 Å². The Kier molecular flexibility index (Phi) is 6.75. The molecule has 1 unspecified atom stereocenters. The second kappa shape index (κ2) is 9.73. The number of amides is 1. The number of methoxy groups -OCH3 is 2. The largest absolute Gasteiger partial charge is 0.493 e. The summed E-state index contributed by atoms with van der Waals surface area (Å²) in [7, 11) is 3.17. The molecule has 0 radical (unpaired) electrons. The number of fused-ring (bicyclic) bond motifs is 2. The van der Waals surface area contributed by atoms with Crippen molar-refractivity contribution in [3.05, 3.63) is 81.2 Å². The minimum Gasteiger partial charge on any atom is -0.493 e. The van der Waals surface area contributed by atoms with E-state index >= 15 is 0 Å². The number of benzene rings is 2. The predicted octanol–water partition coefficient (Wildman–Crippen LogP) is 4.56. The van der Waals surface area contributed by atoms with Crippen LogP contribution in [0.2, 0.25) is 0 Å². The van der Waals surface area contributed by atoms with Gasteiger partial charge in [-0.2, -0.15) is 0 Å². The quantitative estimate of drug-likeness (QED) is 0.342. The van der Waals surface area contributed by atoms with Crippen molar-refractivity contribution in [1.29, 1.82) is 0 Å². The molecule has 0 fully saturated rings. The second-order valence-electron chi connectivity index (χ2n) is 8.39. The number of carbonyl (C=O) groups is 1. The molecular weight excluding hydrogens is 434 g/mol. The van der Waals surface area contributed by atoms with E-state index in [2.05, 4.69) is 6.58 Å². The average molecular weight is 464 g/mol. The Labute approximate surface area is 198 Å². The van der Waals surface area contributed by atoms with Crippen LogP contribution in [0.25, 0.3) is 11.0 Å². The summed E-state index contributed by atoms with van der Waals surface area (Å²) in [5.41, 5.74) is 3.12. The zero-order chi connectivity index (χ0) is 24.4. The van der Waals surface area contributed by atoms with Crippen LogP contribution in [0.5, 0.6) is 11.5 Å². The fraction of sp³-hybridized carbons (Fsp3) is 0.333. The van der Waals surface area contributed by atoms with E-state index in [-0.39, 0.29) is 17.1 Å². The van der Waals surface area contributed by atoms with E-state index < -0.39 is 6.04 Å². The maximum Gasteiger partial charge on any atom is 0.290 e. The monoisotopic (exact) mass is 463 g/mol. The molecule has 4 rings (SSSR count). The number of rotatable bonds is 9. The normalized spacial score (nSPS) is 15.0. The lowest BCUT2D eigenvalue weighted by atomic mass is 9.96. The molecule has 0 saturated carbocycles. The van der Waals surface area contributed by atoms with Gasteiger partial charge < -0.3 is 23.5 Å². The van der Waals surface area contributed by atoms with Crippen molar-refractivity contribution in [2.24, 2.45) is 0 Å². The summed E-state index contributed by atoms with van der Waals surface area (Å²) in [5, 5.41) is 0.499. The number of hydrogen-bond acceptors (Lipinski definition) is 6. The van der Waals surface area contributed by atoms with Gasteiger partial charge >= 0.3 is 0 Å². The Hall–Kier alpha value is -3.58. The summed E-state index contributed by atoms with van der Waals surface area (Å²) in [4.78, 5) is 29.0. The van der Waals surface area contributed by atoms with E-state index in [1.165, 1.54) is 0 Å². The zero-order valence-corrected chi connectivity index (χ0v) is 20.0. The van der Waals surface area contributed by atoms with E-state index in [4.69, 9.17) is 18.6 Å². The maximum absolute atomic E-state index is 13.8. The number of ether oxygens (including phenoxy) is 3. The lowest BCUT2D eigenvalue weighted by Crippen LogP contribution is -2.31. The minimum atomic E-state index is -0.608. The zero-order valence-electron chi connectivity index (χ0n) is 20.0. The fourth-order valence-corrected chi connectivity index (χ4v) is 4.59. The molecule has 0 saturated heterocycles. The SMILES string of the molecule is C=CCOc1ccc(C2c3c(oc4cc(C)cc(C)c4c3=O)C(=O)N2CCCOC)cc1OC. The summed E-state index contributed by atoms with van der Waals surface area (Å²) < 4.78 is 22.5. The number of carbonyl (C=O) groups excluding carboxylic acids is 1. The van der Waals surface area contributed by atoms with Crippen molar-refractivity contribution in [2.75, 3.05) is 34.0 Å². The maximum atomic E-state index is 13.8. The van der Waals surface area contributed by atoms with E-state index in [0.717, 1.165) is 16.7 Å². The summed E-state index contributed by atoms with van der Waals surface area (Å²) in [5.74, 6) is 0.851. The molecule has 0 bridgehead atoms. The van der Waals surface area contributed by atoms with Gasteiger partial charge in [0, 0.05) is 20.3 Å². The molecule has 1 aliphatic heterocycles. The van der Waals surface area contributed by atoms with Crippen LogP contribution in [0.1, 0.15) is 45.3 Å². The van der Waals surface area contributed by atoms with E-state index in [0.29, 0.717) is 54.2 Å². The fourth-order valence-electron chi connectivity index (χ4n) is 4.59. The van der Waals surface area contributed by atoms with Crippen molar-refractivity contribution in [3.63, 3.8) is 0 Å². The van der Waals surface area contributed by atoms with Gasteiger partial charge in [-0.25, -0.2) is 0 Å².